The van der Waals surface area contributed by atoms with Gasteiger partial charge < -0.3 is 35.8 Å². The third kappa shape index (κ3) is 2.14. The standard InChI is InChI=1S/C12H18N2O7/c1-6-3-4-21-12(7(16)10(2,19)5-15)9(18)13-11(6,20)8(17)14-12/h7,15-16,19-20H,1,3-5H2,2H3,(H,13,18)(H,14,17)/t7-,10?,11+,12?/m1/s1. The van der Waals surface area contributed by atoms with E-state index in [1.165, 1.54) is 0 Å². The summed E-state index contributed by atoms with van der Waals surface area (Å²) >= 11 is 0. The molecule has 3 aliphatic rings. The highest BCUT2D eigenvalue weighted by molar-refractivity contribution is 6.02. The van der Waals surface area contributed by atoms with Gasteiger partial charge in [0.05, 0.1) is 13.2 Å². The van der Waals surface area contributed by atoms with Gasteiger partial charge in [0.2, 0.25) is 5.72 Å². The molecule has 118 valence electrons. The molecular formula is C12H18N2O7. The normalized spacial score (nSPS) is 37.1. The van der Waals surface area contributed by atoms with Gasteiger partial charge in [-0.3, -0.25) is 9.59 Å². The van der Waals surface area contributed by atoms with Gasteiger partial charge in [-0.2, -0.15) is 0 Å². The molecule has 6 N–H and O–H groups in total. The summed E-state index contributed by atoms with van der Waals surface area (Å²) < 4.78 is 5.27. The van der Waals surface area contributed by atoms with Crippen LogP contribution in [0.25, 0.3) is 0 Å². The smallest absolute Gasteiger partial charge is 0.280 e. The van der Waals surface area contributed by atoms with E-state index in [9.17, 15) is 24.9 Å². The lowest BCUT2D eigenvalue weighted by atomic mass is 9.85. The second-order valence-electron chi connectivity index (χ2n) is 5.47. The largest absolute Gasteiger partial charge is 0.393 e. The fraction of sp³-hybridized carbons (Fsp3) is 0.667. The van der Waals surface area contributed by atoms with Gasteiger partial charge in [0.15, 0.2) is 0 Å². The lowest BCUT2D eigenvalue weighted by Gasteiger charge is -2.49. The number of aliphatic hydroxyl groups excluding tert-OH is 2. The average Bonchev–Trinajstić information content (AvgIpc) is 2.42. The number of aliphatic hydroxyl groups is 4. The van der Waals surface area contributed by atoms with E-state index in [0.717, 1.165) is 6.92 Å². The molecule has 0 aliphatic carbocycles. The van der Waals surface area contributed by atoms with Gasteiger partial charge in [0.25, 0.3) is 17.5 Å². The van der Waals surface area contributed by atoms with Crippen LogP contribution in [0.5, 0.6) is 0 Å². The topological polar surface area (TPSA) is 148 Å². The highest BCUT2D eigenvalue weighted by atomic mass is 16.5. The zero-order valence-corrected chi connectivity index (χ0v) is 11.4. The van der Waals surface area contributed by atoms with Crippen molar-refractivity contribution < 1.29 is 34.8 Å². The summed E-state index contributed by atoms with van der Waals surface area (Å²) in [5, 5.41) is 43.6. The summed E-state index contributed by atoms with van der Waals surface area (Å²) in [7, 11) is 0. The zero-order chi connectivity index (χ0) is 16.1. The number of carbonyl (C=O) groups is 2. The number of hydrogen-bond donors (Lipinski definition) is 6. The molecule has 3 rings (SSSR count). The maximum atomic E-state index is 12.2. The van der Waals surface area contributed by atoms with Crippen LogP contribution in [0.4, 0.5) is 0 Å². The molecule has 0 aromatic heterocycles. The van der Waals surface area contributed by atoms with Crippen LogP contribution in [0.3, 0.4) is 0 Å². The van der Waals surface area contributed by atoms with Gasteiger partial charge >= 0.3 is 0 Å². The van der Waals surface area contributed by atoms with E-state index in [0.29, 0.717) is 0 Å². The average molecular weight is 302 g/mol. The minimum absolute atomic E-state index is 0.0325. The Bertz CT molecular complexity index is 506. The minimum atomic E-state index is -2.31. The monoisotopic (exact) mass is 302 g/mol. The van der Waals surface area contributed by atoms with E-state index in [1.807, 2.05) is 5.32 Å². The van der Waals surface area contributed by atoms with Crippen molar-refractivity contribution >= 4 is 11.8 Å². The molecule has 3 heterocycles. The van der Waals surface area contributed by atoms with Crippen molar-refractivity contribution in [2.75, 3.05) is 13.2 Å². The molecule has 4 atom stereocenters. The Hall–Kier alpha value is -1.52. The Balaban J connectivity index is 2.47. The van der Waals surface area contributed by atoms with Crippen LogP contribution in [0.15, 0.2) is 12.2 Å². The summed E-state index contributed by atoms with van der Waals surface area (Å²) in [5.41, 5.74) is -6.69. The van der Waals surface area contributed by atoms with Gasteiger partial charge in [-0.1, -0.05) is 6.58 Å². The summed E-state index contributed by atoms with van der Waals surface area (Å²) in [6, 6.07) is 0. The van der Waals surface area contributed by atoms with Gasteiger partial charge in [0.1, 0.15) is 11.7 Å². The molecule has 0 spiro atoms. The maximum Gasteiger partial charge on any atom is 0.280 e. The Labute approximate surface area is 120 Å². The molecule has 3 fully saturated rings. The van der Waals surface area contributed by atoms with Crippen molar-refractivity contribution in [2.45, 2.75) is 36.5 Å². The number of amides is 2. The van der Waals surface area contributed by atoms with Gasteiger partial charge in [0, 0.05) is 0 Å². The summed E-state index contributed by atoms with van der Waals surface area (Å²) in [4.78, 5) is 24.3. The quantitative estimate of drug-likeness (QED) is 0.299. The fourth-order valence-electron chi connectivity index (χ4n) is 2.29. The SMILES string of the molecule is C=C1CCOC2([C@H](O)C(C)(O)CO)NC(=O)[C@]1(O)NC2=O. The molecule has 0 aromatic carbocycles. The summed E-state index contributed by atoms with van der Waals surface area (Å²) in [6.45, 7) is 3.59. The van der Waals surface area contributed by atoms with E-state index in [1.54, 1.807) is 0 Å². The van der Waals surface area contributed by atoms with Crippen LogP contribution in [0.1, 0.15) is 13.3 Å². The van der Waals surface area contributed by atoms with Crippen molar-refractivity contribution in [1.82, 2.24) is 10.6 Å². The molecule has 0 aromatic rings. The van der Waals surface area contributed by atoms with Crippen LogP contribution in [0.2, 0.25) is 0 Å². The van der Waals surface area contributed by atoms with E-state index < -0.39 is 41.6 Å². The molecule has 21 heavy (non-hydrogen) atoms. The molecule has 0 saturated carbocycles. The van der Waals surface area contributed by atoms with E-state index in [-0.39, 0.29) is 18.6 Å². The first kappa shape index (κ1) is 15.9. The van der Waals surface area contributed by atoms with E-state index in [2.05, 4.69) is 11.9 Å². The molecule has 2 bridgehead atoms. The van der Waals surface area contributed by atoms with Crippen molar-refractivity contribution in [3.63, 3.8) is 0 Å². The number of ether oxygens (including phenoxy) is 1. The molecule has 9 heteroatoms. The first-order chi connectivity index (χ1) is 9.60. The van der Waals surface area contributed by atoms with Crippen molar-refractivity contribution in [2.24, 2.45) is 0 Å². The third-order valence-electron chi connectivity index (χ3n) is 3.80. The molecule has 3 saturated heterocycles. The van der Waals surface area contributed by atoms with E-state index in [4.69, 9.17) is 9.84 Å². The molecule has 2 amide bonds. The number of hydrogen-bond acceptors (Lipinski definition) is 7. The zero-order valence-electron chi connectivity index (χ0n) is 11.4. The minimum Gasteiger partial charge on any atom is -0.393 e. The maximum absolute atomic E-state index is 12.2. The third-order valence-corrected chi connectivity index (χ3v) is 3.80. The van der Waals surface area contributed by atoms with Crippen LogP contribution in [0, 0.1) is 0 Å². The fourth-order valence-corrected chi connectivity index (χ4v) is 2.29. The van der Waals surface area contributed by atoms with Crippen molar-refractivity contribution in [3.8, 4) is 0 Å². The van der Waals surface area contributed by atoms with Crippen LogP contribution in [-0.4, -0.2) is 68.6 Å². The Morgan fingerprint density at radius 2 is 2.05 bits per heavy atom. The van der Waals surface area contributed by atoms with Crippen LogP contribution < -0.4 is 10.6 Å². The van der Waals surface area contributed by atoms with Gasteiger partial charge in [-0.25, -0.2) is 0 Å². The van der Waals surface area contributed by atoms with Crippen LogP contribution in [-0.2, 0) is 14.3 Å². The second-order valence-corrected chi connectivity index (χ2v) is 5.47. The first-order valence-corrected chi connectivity index (χ1v) is 6.31. The molecular weight excluding hydrogens is 284 g/mol. The predicted octanol–water partition coefficient (Wildman–Crippen LogP) is -3.30. The Morgan fingerprint density at radius 1 is 1.43 bits per heavy atom. The Kier molecular flexibility index (Phi) is 3.59. The molecule has 9 nitrogen and oxygen atoms in total. The molecule has 0 radical (unpaired) electrons. The summed E-state index contributed by atoms with van der Waals surface area (Å²) in [5.74, 6) is -2.09. The number of piperazine rings is 1. The van der Waals surface area contributed by atoms with E-state index >= 15 is 0 Å². The van der Waals surface area contributed by atoms with Gasteiger partial charge in [-0.05, 0) is 18.9 Å². The van der Waals surface area contributed by atoms with Gasteiger partial charge in [-0.15, -0.1) is 0 Å². The number of carbonyl (C=O) groups excluding carboxylic acids is 2. The molecule has 2 unspecified atom stereocenters. The van der Waals surface area contributed by atoms with Crippen LogP contribution >= 0.6 is 0 Å². The van der Waals surface area contributed by atoms with Crippen molar-refractivity contribution in [3.05, 3.63) is 12.2 Å². The number of rotatable bonds is 3. The highest BCUT2D eigenvalue weighted by Crippen LogP contribution is 2.32. The second kappa shape index (κ2) is 4.75. The summed E-state index contributed by atoms with van der Waals surface area (Å²) in [6.07, 6.45) is -1.91. The predicted molar refractivity (Wildman–Crippen MR) is 67.4 cm³/mol. The Morgan fingerprint density at radius 3 is 2.62 bits per heavy atom. The number of fused-ring (bicyclic) bond motifs is 5. The first-order valence-electron chi connectivity index (χ1n) is 6.31. The highest BCUT2D eigenvalue weighted by Gasteiger charge is 2.63. The lowest BCUT2D eigenvalue weighted by Crippen LogP contribution is -2.82. The lowest BCUT2D eigenvalue weighted by molar-refractivity contribution is -0.230. The van der Waals surface area contributed by atoms with Crippen molar-refractivity contribution in [1.29, 1.82) is 0 Å². The number of nitrogens with one attached hydrogen (secondary N) is 2. The molecule has 3 aliphatic heterocycles.